The van der Waals surface area contributed by atoms with Crippen LogP contribution in [0.5, 0.6) is 0 Å². The minimum absolute atomic E-state index is 0.137. The molecule has 0 spiro atoms. The molecule has 6 heteroatoms. The van der Waals surface area contributed by atoms with E-state index in [-0.39, 0.29) is 10.6 Å². The zero-order valence-electron chi connectivity index (χ0n) is 9.77. The highest BCUT2D eigenvalue weighted by Gasteiger charge is 2.11. The number of rotatable bonds is 6. The van der Waals surface area contributed by atoms with Gasteiger partial charge in [0.05, 0.1) is 4.92 Å². The normalized spacial score (nSPS) is 12.2. The van der Waals surface area contributed by atoms with E-state index in [2.05, 4.69) is 41.1 Å². The SMILES string of the molecule is CCC(CSC)Nc1ccc([N+](=O)[O-])cc1I. The van der Waals surface area contributed by atoms with Gasteiger partial charge in [0.25, 0.3) is 5.69 Å². The molecule has 0 amide bonds. The Morgan fingerprint density at radius 2 is 2.29 bits per heavy atom. The van der Waals surface area contributed by atoms with E-state index in [1.165, 1.54) is 6.07 Å². The van der Waals surface area contributed by atoms with Gasteiger partial charge in [-0.3, -0.25) is 10.1 Å². The number of nitro benzene ring substituents is 1. The number of nitrogens with one attached hydrogen (secondary N) is 1. The van der Waals surface area contributed by atoms with E-state index in [4.69, 9.17) is 0 Å². The van der Waals surface area contributed by atoms with Gasteiger partial charge in [0.2, 0.25) is 0 Å². The highest BCUT2D eigenvalue weighted by molar-refractivity contribution is 14.1. The summed E-state index contributed by atoms with van der Waals surface area (Å²) in [5.74, 6) is 1.03. The van der Waals surface area contributed by atoms with Crippen LogP contribution in [-0.2, 0) is 0 Å². The highest BCUT2D eigenvalue weighted by Crippen LogP contribution is 2.24. The van der Waals surface area contributed by atoms with Crippen molar-refractivity contribution in [3.8, 4) is 0 Å². The number of non-ortho nitro benzene ring substituents is 1. The molecule has 1 atom stereocenters. The number of hydrogen-bond acceptors (Lipinski definition) is 4. The van der Waals surface area contributed by atoms with Gasteiger partial charge >= 0.3 is 0 Å². The molecule has 0 saturated carbocycles. The zero-order chi connectivity index (χ0) is 12.8. The van der Waals surface area contributed by atoms with Crippen LogP contribution < -0.4 is 5.32 Å². The molecule has 4 nitrogen and oxygen atoms in total. The van der Waals surface area contributed by atoms with E-state index >= 15 is 0 Å². The lowest BCUT2D eigenvalue weighted by molar-refractivity contribution is -0.384. The Morgan fingerprint density at radius 1 is 1.59 bits per heavy atom. The van der Waals surface area contributed by atoms with Crippen LogP contribution in [0.4, 0.5) is 11.4 Å². The Kier molecular flexibility index (Phi) is 6.04. The Hall–Kier alpha value is -0.500. The van der Waals surface area contributed by atoms with Gasteiger partial charge in [0.1, 0.15) is 0 Å². The van der Waals surface area contributed by atoms with Crippen molar-refractivity contribution < 1.29 is 4.92 Å². The molecule has 1 N–H and O–H groups in total. The zero-order valence-corrected chi connectivity index (χ0v) is 12.7. The number of hydrogen-bond donors (Lipinski definition) is 1. The number of thioether (sulfide) groups is 1. The van der Waals surface area contributed by atoms with Gasteiger partial charge in [-0.25, -0.2) is 0 Å². The molecule has 94 valence electrons. The van der Waals surface area contributed by atoms with Crippen molar-refractivity contribution in [2.24, 2.45) is 0 Å². The first kappa shape index (κ1) is 14.6. The lowest BCUT2D eigenvalue weighted by Gasteiger charge is -2.18. The van der Waals surface area contributed by atoms with Crippen molar-refractivity contribution >= 4 is 45.7 Å². The van der Waals surface area contributed by atoms with Crippen LogP contribution in [0.2, 0.25) is 0 Å². The Morgan fingerprint density at radius 3 is 2.76 bits per heavy atom. The summed E-state index contributed by atoms with van der Waals surface area (Å²) >= 11 is 3.92. The number of anilines is 1. The lowest BCUT2D eigenvalue weighted by Crippen LogP contribution is -2.21. The van der Waals surface area contributed by atoms with Gasteiger partial charge in [0.15, 0.2) is 0 Å². The largest absolute Gasteiger partial charge is 0.381 e. The molecule has 1 unspecified atom stereocenters. The monoisotopic (exact) mass is 366 g/mol. The maximum atomic E-state index is 10.6. The minimum atomic E-state index is -0.370. The van der Waals surface area contributed by atoms with Crippen LogP contribution in [0.1, 0.15) is 13.3 Å². The molecular weight excluding hydrogens is 351 g/mol. The predicted octanol–water partition coefficient (Wildman–Crippen LogP) is 3.75. The molecule has 0 aromatic heterocycles. The smallest absolute Gasteiger partial charge is 0.270 e. The molecular formula is C11H15IN2O2S. The maximum Gasteiger partial charge on any atom is 0.270 e. The van der Waals surface area contributed by atoms with E-state index in [0.29, 0.717) is 6.04 Å². The van der Waals surface area contributed by atoms with Gasteiger partial charge < -0.3 is 5.32 Å². The molecule has 1 rings (SSSR count). The Balaban J connectivity index is 2.81. The third kappa shape index (κ3) is 4.34. The fraction of sp³-hybridized carbons (Fsp3) is 0.455. The molecule has 0 heterocycles. The highest BCUT2D eigenvalue weighted by atomic mass is 127. The van der Waals surface area contributed by atoms with E-state index < -0.39 is 0 Å². The van der Waals surface area contributed by atoms with Crippen LogP contribution in [0, 0.1) is 13.7 Å². The summed E-state index contributed by atoms with van der Waals surface area (Å²) in [5, 5.41) is 14.0. The second-order valence-electron chi connectivity index (χ2n) is 3.63. The molecule has 0 saturated heterocycles. The second-order valence-corrected chi connectivity index (χ2v) is 5.70. The van der Waals surface area contributed by atoms with E-state index in [1.54, 1.807) is 23.9 Å². The summed E-state index contributed by atoms with van der Waals surface area (Å²) in [6, 6.07) is 5.31. The Bertz CT molecular complexity index is 401. The molecule has 0 aliphatic carbocycles. The third-order valence-corrected chi connectivity index (χ3v) is 4.01. The summed E-state index contributed by atoms with van der Waals surface area (Å²) in [4.78, 5) is 10.3. The Labute approximate surface area is 119 Å². The average molecular weight is 366 g/mol. The first-order valence-electron chi connectivity index (χ1n) is 5.27. The van der Waals surface area contributed by atoms with E-state index in [0.717, 1.165) is 21.4 Å². The average Bonchev–Trinajstić information content (AvgIpc) is 2.30. The first-order chi connectivity index (χ1) is 8.08. The van der Waals surface area contributed by atoms with Crippen LogP contribution in [-0.4, -0.2) is 23.0 Å². The van der Waals surface area contributed by atoms with Gasteiger partial charge in [-0.15, -0.1) is 0 Å². The van der Waals surface area contributed by atoms with Crippen molar-refractivity contribution in [3.05, 3.63) is 31.9 Å². The quantitative estimate of drug-likeness (QED) is 0.473. The van der Waals surface area contributed by atoms with Gasteiger partial charge in [-0.1, -0.05) is 6.92 Å². The summed E-state index contributed by atoms with van der Waals surface area (Å²) in [6.45, 7) is 2.13. The van der Waals surface area contributed by atoms with Crippen LogP contribution >= 0.6 is 34.4 Å². The first-order valence-corrected chi connectivity index (χ1v) is 7.75. The third-order valence-electron chi connectivity index (χ3n) is 2.38. The molecule has 0 radical (unpaired) electrons. The summed E-state index contributed by atoms with van der Waals surface area (Å²) in [6.07, 6.45) is 3.11. The van der Waals surface area contributed by atoms with E-state index in [9.17, 15) is 10.1 Å². The molecule has 0 bridgehead atoms. The lowest BCUT2D eigenvalue weighted by atomic mass is 10.2. The molecule has 1 aromatic carbocycles. The molecule has 17 heavy (non-hydrogen) atoms. The fourth-order valence-electron chi connectivity index (χ4n) is 1.42. The van der Waals surface area contributed by atoms with E-state index in [1.807, 2.05) is 0 Å². The van der Waals surface area contributed by atoms with Gasteiger partial charge in [0, 0.05) is 33.2 Å². The predicted molar refractivity (Wildman–Crippen MR) is 81.9 cm³/mol. The van der Waals surface area contributed by atoms with Gasteiger partial charge in [-0.05, 0) is 41.3 Å². The number of benzene rings is 1. The summed E-state index contributed by atoms with van der Waals surface area (Å²) in [7, 11) is 0. The maximum absolute atomic E-state index is 10.6. The number of halogens is 1. The molecule has 0 aliphatic heterocycles. The molecule has 0 fully saturated rings. The number of nitro groups is 1. The van der Waals surface area contributed by atoms with Crippen molar-refractivity contribution in [2.75, 3.05) is 17.3 Å². The van der Waals surface area contributed by atoms with Crippen molar-refractivity contribution in [3.63, 3.8) is 0 Å². The summed E-state index contributed by atoms with van der Waals surface area (Å²) < 4.78 is 0.886. The van der Waals surface area contributed by atoms with Crippen molar-refractivity contribution in [1.82, 2.24) is 0 Å². The topological polar surface area (TPSA) is 55.2 Å². The molecule has 1 aromatic rings. The van der Waals surface area contributed by atoms with Crippen LogP contribution in [0.15, 0.2) is 18.2 Å². The minimum Gasteiger partial charge on any atom is -0.381 e. The fourth-order valence-corrected chi connectivity index (χ4v) is 2.79. The van der Waals surface area contributed by atoms with Crippen LogP contribution in [0.3, 0.4) is 0 Å². The van der Waals surface area contributed by atoms with Crippen molar-refractivity contribution in [2.45, 2.75) is 19.4 Å². The van der Waals surface area contributed by atoms with Gasteiger partial charge in [-0.2, -0.15) is 11.8 Å². The standard InChI is InChI=1S/C11H15IN2O2S/c1-3-8(7-17-2)13-11-5-4-9(14(15)16)6-10(11)12/h4-6,8,13H,3,7H2,1-2H3. The number of nitrogens with zero attached hydrogens (tertiary/aromatic N) is 1. The molecule has 0 aliphatic rings. The van der Waals surface area contributed by atoms with Crippen molar-refractivity contribution in [1.29, 1.82) is 0 Å². The van der Waals surface area contributed by atoms with Crippen LogP contribution in [0.25, 0.3) is 0 Å². The second kappa shape index (κ2) is 7.05. The summed E-state index contributed by atoms with van der Waals surface area (Å²) in [5.41, 5.74) is 1.11.